The molecule has 13 heteroatoms. The van der Waals surface area contributed by atoms with Crippen molar-refractivity contribution in [2.24, 2.45) is 5.73 Å². The van der Waals surface area contributed by atoms with Gasteiger partial charge in [-0.15, -0.1) is 5.10 Å². The van der Waals surface area contributed by atoms with E-state index in [2.05, 4.69) is 20.4 Å². The number of benzene rings is 1. The molecule has 3 heterocycles. The lowest BCUT2D eigenvalue weighted by atomic mass is 10.1. The molecule has 4 rings (SSSR count). The number of anilines is 1. The Kier molecular flexibility index (Phi) is 5.84. The Morgan fingerprint density at radius 3 is 2.65 bits per heavy atom. The summed E-state index contributed by atoms with van der Waals surface area (Å²) in [7, 11) is 0. The van der Waals surface area contributed by atoms with Crippen molar-refractivity contribution in [2.45, 2.75) is 12.6 Å². The summed E-state index contributed by atoms with van der Waals surface area (Å²) in [5.74, 6) is -2.87. The van der Waals surface area contributed by atoms with Crippen molar-refractivity contribution in [3.63, 3.8) is 0 Å². The Morgan fingerprint density at radius 2 is 1.94 bits per heavy atom. The van der Waals surface area contributed by atoms with E-state index in [1.165, 1.54) is 30.5 Å². The van der Waals surface area contributed by atoms with E-state index in [0.717, 1.165) is 28.9 Å². The Labute approximate surface area is 188 Å². The van der Waals surface area contributed by atoms with Gasteiger partial charge < -0.3 is 10.5 Å². The van der Waals surface area contributed by atoms with Crippen LogP contribution in [0.2, 0.25) is 0 Å². The number of primary amides is 1. The lowest BCUT2D eigenvalue weighted by Crippen LogP contribution is -2.15. The molecular formula is C21H14F4N6O3. The summed E-state index contributed by atoms with van der Waals surface area (Å²) >= 11 is 0. The molecule has 0 aliphatic carbocycles. The maximum atomic E-state index is 14.5. The molecule has 3 N–H and O–H groups in total. The summed E-state index contributed by atoms with van der Waals surface area (Å²) in [5, 5.41) is 6.24. The lowest BCUT2D eigenvalue weighted by molar-refractivity contribution is -0.137. The highest BCUT2D eigenvalue weighted by molar-refractivity contribution is 5.95. The van der Waals surface area contributed by atoms with E-state index >= 15 is 0 Å². The molecule has 2 amide bonds. The van der Waals surface area contributed by atoms with E-state index in [0.29, 0.717) is 0 Å². The molecule has 9 nitrogen and oxygen atoms in total. The third-order valence-corrected chi connectivity index (χ3v) is 4.52. The quantitative estimate of drug-likeness (QED) is 0.413. The predicted octanol–water partition coefficient (Wildman–Crippen LogP) is 3.35. The molecular weight excluding hydrogens is 460 g/mol. The monoisotopic (exact) mass is 474 g/mol. The van der Waals surface area contributed by atoms with Gasteiger partial charge in [-0.1, -0.05) is 6.07 Å². The smallest absolute Gasteiger partial charge is 0.416 e. The maximum Gasteiger partial charge on any atom is 0.416 e. The average Bonchev–Trinajstić information content (AvgIpc) is 3.16. The molecule has 0 atom stereocenters. The fourth-order valence-corrected chi connectivity index (χ4v) is 2.97. The fraction of sp³-hybridized carbons (Fsp3) is 0.0952. The van der Waals surface area contributed by atoms with Crippen LogP contribution in [0.3, 0.4) is 0 Å². The van der Waals surface area contributed by atoms with E-state index in [4.69, 9.17) is 10.5 Å². The van der Waals surface area contributed by atoms with Gasteiger partial charge in [0.1, 0.15) is 5.56 Å². The zero-order valence-electron chi connectivity index (χ0n) is 17.0. The Balaban J connectivity index is 1.45. The molecule has 4 aromatic rings. The zero-order valence-corrected chi connectivity index (χ0v) is 17.0. The number of amides is 2. The number of fused-ring (bicyclic) bond motifs is 1. The van der Waals surface area contributed by atoms with Crippen molar-refractivity contribution < 1.29 is 31.9 Å². The molecule has 0 bridgehead atoms. The van der Waals surface area contributed by atoms with Crippen LogP contribution >= 0.6 is 0 Å². The summed E-state index contributed by atoms with van der Waals surface area (Å²) < 4.78 is 59.4. The molecule has 174 valence electrons. The van der Waals surface area contributed by atoms with Crippen LogP contribution in [0.1, 0.15) is 21.5 Å². The summed E-state index contributed by atoms with van der Waals surface area (Å²) in [4.78, 5) is 31.4. The number of nitrogens with two attached hydrogens (primary N) is 1. The average molecular weight is 474 g/mol. The van der Waals surface area contributed by atoms with Crippen LogP contribution in [0, 0.1) is 5.82 Å². The SMILES string of the molecule is NC(=O)c1cccnc1Oc1ccc(CC(=O)Nc2nc3cc(C(F)(F)F)ccn3n2)cc1F. The second-order valence-corrected chi connectivity index (χ2v) is 6.96. The molecule has 0 aliphatic rings. The molecule has 0 radical (unpaired) electrons. The second kappa shape index (κ2) is 8.77. The topological polar surface area (TPSA) is 124 Å². The number of nitrogens with one attached hydrogen (secondary N) is 1. The number of nitrogens with zero attached hydrogens (tertiary/aromatic N) is 4. The van der Waals surface area contributed by atoms with Crippen molar-refractivity contribution in [1.29, 1.82) is 0 Å². The minimum atomic E-state index is -4.55. The van der Waals surface area contributed by atoms with Crippen LogP contribution in [0.15, 0.2) is 54.9 Å². The first-order valence-electron chi connectivity index (χ1n) is 9.55. The van der Waals surface area contributed by atoms with Gasteiger partial charge in [-0.3, -0.25) is 14.9 Å². The third kappa shape index (κ3) is 4.92. The van der Waals surface area contributed by atoms with Crippen LogP contribution < -0.4 is 15.8 Å². The van der Waals surface area contributed by atoms with Gasteiger partial charge in [0.25, 0.3) is 5.91 Å². The number of carbonyl (C=O) groups is 2. The number of carbonyl (C=O) groups excluding carboxylic acids is 2. The maximum absolute atomic E-state index is 14.5. The Morgan fingerprint density at radius 1 is 1.15 bits per heavy atom. The molecule has 0 saturated heterocycles. The van der Waals surface area contributed by atoms with Crippen LogP contribution in [-0.2, 0) is 17.4 Å². The number of halogens is 4. The number of ether oxygens (including phenoxy) is 1. The summed E-state index contributed by atoms with van der Waals surface area (Å²) in [6, 6.07) is 8.18. The molecule has 0 saturated carbocycles. The number of rotatable bonds is 6. The highest BCUT2D eigenvalue weighted by Crippen LogP contribution is 2.30. The first-order chi connectivity index (χ1) is 16.1. The lowest BCUT2D eigenvalue weighted by Gasteiger charge is -2.09. The minimum absolute atomic E-state index is 0.0346. The van der Waals surface area contributed by atoms with E-state index in [1.807, 2.05) is 0 Å². The van der Waals surface area contributed by atoms with Crippen LogP contribution in [0.25, 0.3) is 5.65 Å². The van der Waals surface area contributed by atoms with Gasteiger partial charge in [0.2, 0.25) is 17.7 Å². The van der Waals surface area contributed by atoms with E-state index in [-0.39, 0.29) is 40.8 Å². The number of aromatic nitrogens is 4. The second-order valence-electron chi connectivity index (χ2n) is 6.96. The number of hydrogen-bond acceptors (Lipinski definition) is 6. The summed E-state index contributed by atoms with van der Waals surface area (Å²) in [5.41, 5.74) is 4.46. The Bertz CT molecular complexity index is 1400. The van der Waals surface area contributed by atoms with Gasteiger partial charge in [0, 0.05) is 12.4 Å². The van der Waals surface area contributed by atoms with Crippen LogP contribution in [0.5, 0.6) is 11.6 Å². The number of alkyl halides is 3. The summed E-state index contributed by atoms with van der Waals surface area (Å²) in [6.07, 6.45) is -2.42. The highest BCUT2D eigenvalue weighted by atomic mass is 19.4. The van der Waals surface area contributed by atoms with E-state index < -0.39 is 29.4 Å². The zero-order chi connectivity index (χ0) is 24.5. The van der Waals surface area contributed by atoms with Gasteiger partial charge in [0.15, 0.2) is 17.2 Å². The molecule has 0 spiro atoms. The molecule has 0 unspecified atom stereocenters. The van der Waals surface area contributed by atoms with E-state index in [1.54, 1.807) is 0 Å². The largest absolute Gasteiger partial charge is 0.435 e. The van der Waals surface area contributed by atoms with Gasteiger partial charge in [-0.2, -0.15) is 18.2 Å². The molecule has 0 aliphatic heterocycles. The van der Waals surface area contributed by atoms with E-state index in [9.17, 15) is 27.2 Å². The predicted molar refractivity (Wildman–Crippen MR) is 110 cm³/mol. The normalized spacial score (nSPS) is 11.4. The van der Waals surface area contributed by atoms with Crippen LogP contribution in [0.4, 0.5) is 23.5 Å². The number of hydrogen-bond donors (Lipinski definition) is 2. The first kappa shape index (κ1) is 22.6. The minimum Gasteiger partial charge on any atom is -0.435 e. The van der Waals surface area contributed by atoms with Crippen molar-refractivity contribution in [3.05, 3.63) is 77.4 Å². The molecule has 0 fully saturated rings. The fourth-order valence-electron chi connectivity index (χ4n) is 2.97. The van der Waals surface area contributed by atoms with Gasteiger partial charge >= 0.3 is 6.18 Å². The first-order valence-corrected chi connectivity index (χ1v) is 9.55. The molecule has 1 aromatic carbocycles. The standard InChI is InChI=1S/C21H14F4N6O3/c22-14-8-11(3-4-15(14)34-19-13(18(26)33)2-1-6-27-19)9-17(32)29-20-28-16-10-12(21(23,24)25)5-7-31(16)30-20/h1-8,10H,9H2,(H2,26,33)(H,29,30,32). The third-order valence-electron chi connectivity index (χ3n) is 4.52. The van der Waals surface area contributed by atoms with Gasteiger partial charge in [-0.05, 0) is 42.0 Å². The summed E-state index contributed by atoms with van der Waals surface area (Å²) in [6.45, 7) is 0. The van der Waals surface area contributed by atoms with Crippen LogP contribution in [-0.4, -0.2) is 31.4 Å². The number of pyridine rings is 2. The highest BCUT2D eigenvalue weighted by Gasteiger charge is 2.31. The molecule has 3 aromatic heterocycles. The van der Waals surface area contributed by atoms with Crippen molar-refractivity contribution >= 4 is 23.4 Å². The van der Waals surface area contributed by atoms with Gasteiger partial charge in [0.05, 0.1) is 12.0 Å². The van der Waals surface area contributed by atoms with Crippen molar-refractivity contribution in [3.8, 4) is 11.6 Å². The van der Waals surface area contributed by atoms with Gasteiger partial charge in [-0.25, -0.2) is 13.9 Å². The molecule has 34 heavy (non-hydrogen) atoms. The Hall–Kier alpha value is -4.55. The van der Waals surface area contributed by atoms with Crippen molar-refractivity contribution in [2.75, 3.05) is 5.32 Å². The van der Waals surface area contributed by atoms with Crippen molar-refractivity contribution in [1.82, 2.24) is 19.6 Å².